The molecule has 0 saturated carbocycles. The molecule has 1 aliphatic carbocycles. The molecule has 20 heavy (non-hydrogen) atoms. The summed E-state index contributed by atoms with van der Waals surface area (Å²) in [6.07, 6.45) is 9.66. The zero-order chi connectivity index (χ0) is 14.0. The molecule has 1 aromatic carbocycles. The molecule has 1 heterocycles. The molecule has 1 unspecified atom stereocenters. The summed E-state index contributed by atoms with van der Waals surface area (Å²) in [5, 5.41) is 0. The number of aromatic nitrogens is 1. The molecule has 100 valence electrons. The Hall–Kier alpha value is -2.42. The summed E-state index contributed by atoms with van der Waals surface area (Å²) in [4.78, 5) is 15.6. The Morgan fingerprint density at radius 1 is 1.25 bits per heavy atom. The van der Waals surface area contributed by atoms with Crippen LogP contribution in [-0.2, 0) is 5.41 Å². The fourth-order valence-electron chi connectivity index (χ4n) is 2.42. The molecule has 0 spiro atoms. The van der Waals surface area contributed by atoms with E-state index in [4.69, 9.17) is 4.42 Å². The molecular formula is C17H15NO2. The van der Waals surface area contributed by atoms with Crippen molar-refractivity contribution in [3.63, 3.8) is 0 Å². The Kier molecular flexibility index (Phi) is 3.11. The topological polar surface area (TPSA) is 43.1 Å². The number of carbonyl (C=O) groups excluding carboxylic acids is 1. The van der Waals surface area contributed by atoms with Gasteiger partial charge < -0.3 is 4.42 Å². The van der Waals surface area contributed by atoms with Gasteiger partial charge in [0.15, 0.2) is 6.29 Å². The van der Waals surface area contributed by atoms with Gasteiger partial charge in [0, 0.05) is 11.0 Å². The Morgan fingerprint density at radius 3 is 2.70 bits per heavy atom. The normalized spacial score (nSPS) is 21.1. The number of carbonyl (C=O) groups is 1. The summed E-state index contributed by atoms with van der Waals surface area (Å²) in [6, 6.07) is 9.62. The number of oxazole rings is 1. The highest BCUT2D eigenvalue weighted by atomic mass is 16.4. The van der Waals surface area contributed by atoms with E-state index in [1.165, 1.54) is 0 Å². The van der Waals surface area contributed by atoms with Crippen LogP contribution in [0.25, 0.3) is 11.5 Å². The maximum atomic E-state index is 11.3. The third kappa shape index (κ3) is 2.11. The molecule has 0 amide bonds. The van der Waals surface area contributed by atoms with E-state index in [0.29, 0.717) is 17.3 Å². The van der Waals surface area contributed by atoms with E-state index >= 15 is 0 Å². The predicted octanol–water partition coefficient (Wildman–Crippen LogP) is 3.93. The molecule has 3 nitrogen and oxygen atoms in total. The third-order valence-electron chi connectivity index (χ3n) is 3.56. The molecule has 1 aliphatic rings. The molecule has 1 atom stereocenters. The van der Waals surface area contributed by atoms with Crippen molar-refractivity contribution in [2.24, 2.45) is 0 Å². The largest absolute Gasteiger partial charge is 0.439 e. The van der Waals surface area contributed by atoms with Crippen molar-refractivity contribution in [2.45, 2.75) is 18.8 Å². The second-order valence-corrected chi connectivity index (χ2v) is 5.13. The van der Waals surface area contributed by atoms with Gasteiger partial charge in [-0.25, -0.2) is 4.98 Å². The summed E-state index contributed by atoms with van der Waals surface area (Å²) in [7, 11) is 0. The molecule has 3 rings (SSSR count). The lowest BCUT2D eigenvalue weighted by Crippen LogP contribution is -2.20. The van der Waals surface area contributed by atoms with Crippen LogP contribution in [0.2, 0.25) is 0 Å². The molecule has 0 bridgehead atoms. The van der Waals surface area contributed by atoms with E-state index in [0.717, 1.165) is 18.3 Å². The maximum Gasteiger partial charge on any atom is 0.227 e. The van der Waals surface area contributed by atoms with Gasteiger partial charge in [-0.2, -0.15) is 0 Å². The van der Waals surface area contributed by atoms with Gasteiger partial charge in [0.05, 0.1) is 0 Å². The lowest BCUT2D eigenvalue weighted by Gasteiger charge is -2.23. The number of hydrogen-bond donors (Lipinski definition) is 0. The number of rotatable bonds is 3. The van der Waals surface area contributed by atoms with Crippen molar-refractivity contribution >= 4 is 6.29 Å². The SMILES string of the molecule is CC1(c2oc(-c3ccccc3)nc2C=O)C=CC=CC1. The molecule has 1 aromatic heterocycles. The minimum atomic E-state index is -0.314. The van der Waals surface area contributed by atoms with Crippen molar-refractivity contribution < 1.29 is 9.21 Å². The highest BCUT2D eigenvalue weighted by Crippen LogP contribution is 2.36. The number of nitrogens with zero attached hydrogens (tertiary/aromatic N) is 1. The lowest BCUT2D eigenvalue weighted by atomic mass is 9.80. The van der Waals surface area contributed by atoms with E-state index in [1.54, 1.807) is 0 Å². The number of hydrogen-bond acceptors (Lipinski definition) is 3. The van der Waals surface area contributed by atoms with Gasteiger partial charge in [-0.3, -0.25) is 4.79 Å². The van der Waals surface area contributed by atoms with Crippen molar-refractivity contribution in [3.8, 4) is 11.5 Å². The predicted molar refractivity (Wildman–Crippen MR) is 77.6 cm³/mol. The molecular weight excluding hydrogens is 250 g/mol. The van der Waals surface area contributed by atoms with Gasteiger partial charge in [-0.1, -0.05) is 42.5 Å². The van der Waals surface area contributed by atoms with Crippen LogP contribution in [0.4, 0.5) is 0 Å². The molecule has 0 aliphatic heterocycles. The molecule has 2 aromatic rings. The van der Waals surface area contributed by atoms with Crippen molar-refractivity contribution in [3.05, 3.63) is 66.1 Å². The second-order valence-electron chi connectivity index (χ2n) is 5.13. The number of allylic oxidation sites excluding steroid dienone is 4. The summed E-state index contributed by atoms with van der Waals surface area (Å²) in [5.41, 5.74) is 0.942. The summed E-state index contributed by atoms with van der Waals surface area (Å²) < 4.78 is 5.91. The molecule has 0 saturated heterocycles. The van der Waals surface area contributed by atoms with Crippen molar-refractivity contribution in [1.82, 2.24) is 4.98 Å². The average Bonchev–Trinajstić information content (AvgIpc) is 2.94. The van der Waals surface area contributed by atoms with Crippen LogP contribution in [0.15, 0.2) is 59.1 Å². The second kappa shape index (κ2) is 4.93. The number of benzene rings is 1. The average molecular weight is 265 g/mol. The smallest absolute Gasteiger partial charge is 0.227 e. The van der Waals surface area contributed by atoms with E-state index in [1.807, 2.05) is 42.5 Å². The van der Waals surface area contributed by atoms with Crippen LogP contribution in [0.5, 0.6) is 0 Å². The molecule has 3 heteroatoms. The van der Waals surface area contributed by atoms with Gasteiger partial charge in [0.25, 0.3) is 0 Å². The first kappa shape index (κ1) is 12.6. The Bertz CT molecular complexity index is 682. The third-order valence-corrected chi connectivity index (χ3v) is 3.56. The zero-order valence-corrected chi connectivity index (χ0v) is 11.2. The van der Waals surface area contributed by atoms with Gasteiger partial charge in [-0.05, 0) is 25.5 Å². The Morgan fingerprint density at radius 2 is 2.05 bits per heavy atom. The van der Waals surface area contributed by atoms with Crippen molar-refractivity contribution in [2.75, 3.05) is 0 Å². The van der Waals surface area contributed by atoms with Crippen LogP contribution in [0.3, 0.4) is 0 Å². The first-order valence-corrected chi connectivity index (χ1v) is 6.59. The van der Waals surface area contributed by atoms with Gasteiger partial charge in [0.1, 0.15) is 11.5 Å². The standard InChI is InChI=1S/C17H15NO2/c1-17(10-6-3-7-11-17)15-14(12-19)18-16(20-15)13-8-4-2-5-9-13/h2-10,12H,11H2,1H3. The van der Waals surface area contributed by atoms with Crippen LogP contribution in [0, 0.1) is 0 Å². The van der Waals surface area contributed by atoms with E-state index in [9.17, 15) is 4.79 Å². The fourth-order valence-corrected chi connectivity index (χ4v) is 2.42. The highest BCUT2D eigenvalue weighted by Gasteiger charge is 2.32. The number of aldehydes is 1. The Labute approximate surface area is 117 Å². The fraction of sp³-hybridized carbons (Fsp3) is 0.176. The minimum Gasteiger partial charge on any atom is -0.439 e. The Balaban J connectivity index is 2.08. The van der Waals surface area contributed by atoms with Crippen molar-refractivity contribution in [1.29, 1.82) is 0 Å². The first-order chi connectivity index (χ1) is 9.73. The molecule has 0 fully saturated rings. The van der Waals surface area contributed by atoms with E-state index in [-0.39, 0.29) is 5.41 Å². The van der Waals surface area contributed by atoms with Gasteiger partial charge >= 0.3 is 0 Å². The highest BCUT2D eigenvalue weighted by molar-refractivity contribution is 5.76. The quantitative estimate of drug-likeness (QED) is 0.790. The summed E-state index contributed by atoms with van der Waals surface area (Å²) in [5.74, 6) is 1.12. The minimum absolute atomic E-state index is 0.314. The van der Waals surface area contributed by atoms with Crippen LogP contribution < -0.4 is 0 Å². The monoisotopic (exact) mass is 265 g/mol. The molecule has 0 N–H and O–H groups in total. The summed E-state index contributed by atoms with van der Waals surface area (Å²) in [6.45, 7) is 2.05. The summed E-state index contributed by atoms with van der Waals surface area (Å²) >= 11 is 0. The molecule has 0 radical (unpaired) electrons. The lowest BCUT2D eigenvalue weighted by molar-refractivity contribution is 0.111. The van der Waals surface area contributed by atoms with Crippen LogP contribution >= 0.6 is 0 Å². The van der Waals surface area contributed by atoms with E-state index in [2.05, 4.69) is 24.1 Å². The first-order valence-electron chi connectivity index (χ1n) is 6.59. The van der Waals surface area contributed by atoms with Gasteiger partial charge in [0.2, 0.25) is 5.89 Å². The van der Waals surface area contributed by atoms with Gasteiger partial charge in [-0.15, -0.1) is 0 Å². The van der Waals surface area contributed by atoms with Crippen LogP contribution in [-0.4, -0.2) is 11.3 Å². The zero-order valence-electron chi connectivity index (χ0n) is 11.2. The van der Waals surface area contributed by atoms with Crippen LogP contribution in [0.1, 0.15) is 29.6 Å². The van der Waals surface area contributed by atoms with E-state index < -0.39 is 0 Å². The maximum absolute atomic E-state index is 11.3.